The van der Waals surface area contributed by atoms with Crippen molar-refractivity contribution in [1.82, 2.24) is 9.97 Å². The number of aromatic nitrogens is 2. The summed E-state index contributed by atoms with van der Waals surface area (Å²) < 4.78 is 24.2. The molecule has 0 aliphatic heterocycles. The lowest BCUT2D eigenvalue weighted by Gasteiger charge is -2.11. The van der Waals surface area contributed by atoms with E-state index in [0.717, 1.165) is 11.8 Å². The number of anilines is 2. The van der Waals surface area contributed by atoms with Gasteiger partial charge in [0.15, 0.2) is 22.5 Å². The van der Waals surface area contributed by atoms with Crippen LogP contribution in [0.3, 0.4) is 0 Å². The van der Waals surface area contributed by atoms with E-state index in [4.69, 9.17) is 26.8 Å². The van der Waals surface area contributed by atoms with Gasteiger partial charge in [-0.05, 0) is 30.3 Å². The monoisotopic (exact) mass is 464 g/mol. The van der Waals surface area contributed by atoms with Crippen LogP contribution >= 0.6 is 23.4 Å². The molecule has 2 aromatic carbocycles. The number of aromatic amines is 1. The number of benzene rings is 2. The number of H-pyrrole nitrogens is 1. The van der Waals surface area contributed by atoms with E-state index in [-0.39, 0.29) is 38.6 Å². The Labute approximate surface area is 185 Å². The van der Waals surface area contributed by atoms with E-state index in [9.17, 15) is 14.0 Å². The SMILES string of the molecule is COc1ccc(C(=O)Nc2c(N)nc(SCc3c(F)cccc3Cl)[nH]c2=O)cc1OC. The molecule has 0 aliphatic carbocycles. The summed E-state index contributed by atoms with van der Waals surface area (Å²) in [6.07, 6.45) is 0. The molecular formula is C20H18ClFN4O4S. The first-order valence-corrected chi connectivity index (χ1v) is 10.2. The third kappa shape index (κ3) is 5.09. The Bertz CT molecular complexity index is 1170. The van der Waals surface area contributed by atoms with Gasteiger partial charge in [0.25, 0.3) is 11.5 Å². The molecule has 1 heterocycles. The van der Waals surface area contributed by atoms with Gasteiger partial charge in [-0.15, -0.1) is 0 Å². The largest absolute Gasteiger partial charge is 0.493 e. The summed E-state index contributed by atoms with van der Waals surface area (Å²) in [5.41, 5.74) is 5.53. The predicted octanol–water partition coefficient (Wildman–Crippen LogP) is 3.71. The van der Waals surface area contributed by atoms with Crippen LogP contribution < -0.4 is 26.1 Å². The summed E-state index contributed by atoms with van der Waals surface area (Å²) in [7, 11) is 2.92. The van der Waals surface area contributed by atoms with Gasteiger partial charge in [0.2, 0.25) is 0 Å². The zero-order chi connectivity index (χ0) is 22.5. The van der Waals surface area contributed by atoms with E-state index < -0.39 is 17.3 Å². The molecule has 3 rings (SSSR count). The maximum atomic E-state index is 13.9. The molecule has 8 nitrogen and oxygen atoms in total. The van der Waals surface area contributed by atoms with Crippen LogP contribution in [0.1, 0.15) is 15.9 Å². The summed E-state index contributed by atoms with van der Waals surface area (Å²) in [6.45, 7) is 0. The maximum Gasteiger partial charge on any atom is 0.277 e. The number of hydrogen-bond donors (Lipinski definition) is 3. The Morgan fingerprint density at radius 3 is 2.65 bits per heavy atom. The first-order valence-electron chi connectivity index (χ1n) is 8.83. The zero-order valence-electron chi connectivity index (χ0n) is 16.5. The maximum absolute atomic E-state index is 13.9. The molecule has 31 heavy (non-hydrogen) atoms. The van der Waals surface area contributed by atoms with Gasteiger partial charge in [0, 0.05) is 21.9 Å². The number of nitrogens with one attached hydrogen (secondary N) is 2. The van der Waals surface area contributed by atoms with E-state index in [1.165, 1.54) is 38.5 Å². The molecule has 4 N–H and O–H groups in total. The van der Waals surface area contributed by atoms with Crippen molar-refractivity contribution < 1.29 is 18.7 Å². The standard InChI is InChI=1S/C20H18ClFN4O4S/c1-29-14-7-6-10(8-15(14)30-2)18(27)24-16-17(23)25-20(26-19(16)28)31-9-11-12(21)4-3-5-13(11)22/h3-8H,9H2,1-2H3,(H,24,27)(H3,23,25,26,28). The lowest BCUT2D eigenvalue weighted by molar-refractivity contribution is 0.102. The minimum atomic E-state index is -0.650. The van der Waals surface area contributed by atoms with Crippen LogP contribution in [0.4, 0.5) is 15.9 Å². The normalized spacial score (nSPS) is 10.6. The van der Waals surface area contributed by atoms with Crippen molar-refractivity contribution in [3.05, 3.63) is 68.7 Å². The number of hydrogen-bond acceptors (Lipinski definition) is 7. The first-order chi connectivity index (χ1) is 14.8. The number of nitrogen functional groups attached to an aromatic ring is 1. The van der Waals surface area contributed by atoms with Crippen molar-refractivity contribution in [3.63, 3.8) is 0 Å². The molecule has 0 atom stereocenters. The fraction of sp³-hybridized carbons (Fsp3) is 0.150. The second-order valence-electron chi connectivity index (χ2n) is 6.14. The topological polar surface area (TPSA) is 119 Å². The number of rotatable bonds is 7. The Morgan fingerprint density at radius 2 is 2.00 bits per heavy atom. The molecule has 162 valence electrons. The second kappa shape index (κ2) is 9.71. The number of halogens is 2. The lowest BCUT2D eigenvalue weighted by Crippen LogP contribution is -2.23. The molecule has 11 heteroatoms. The van der Waals surface area contributed by atoms with Gasteiger partial charge in [0.05, 0.1) is 14.2 Å². The minimum absolute atomic E-state index is 0.130. The Kier molecular flexibility index (Phi) is 7.03. The van der Waals surface area contributed by atoms with E-state index in [1.54, 1.807) is 12.1 Å². The molecule has 0 bridgehead atoms. The molecular weight excluding hydrogens is 447 g/mol. The highest BCUT2D eigenvalue weighted by molar-refractivity contribution is 7.98. The average molecular weight is 465 g/mol. The summed E-state index contributed by atoms with van der Waals surface area (Å²) in [5.74, 6) is -0.291. The number of amides is 1. The van der Waals surface area contributed by atoms with E-state index >= 15 is 0 Å². The van der Waals surface area contributed by atoms with Gasteiger partial charge in [-0.2, -0.15) is 0 Å². The average Bonchev–Trinajstić information content (AvgIpc) is 2.75. The summed E-state index contributed by atoms with van der Waals surface area (Å²) in [6, 6.07) is 8.90. The van der Waals surface area contributed by atoms with Crippen molar-refractivity contribution in [2.45, 2.75) is 10.9 Å². The zero-order valence-corrected chi connectivity index (χ0v) is 18.1. The fourth-order valence-electron chi connectivity index (χ4n) is 2.63. The molecule has 1 aromatic heterocycles. The van der Waals surface area contributed by atoms with Crippen molar-refractivity contribution in [2.75, 3.05) is 25.3 Å². The number of thioether (sulfide) groups is 1. The molecule has 1 amide bonds. The first kappa shape index (κ1) is 22.4. The molecule has 3 aromatic rings. The van der Waals surface area contributed by atoms with Gasteiger partial charge in [-0.3, -0.25) is 14.6 Å². The summed E-state index contributed by atoms with van der Waals surface area (Å²) >= 11 is 7.05. The van der Waals surface area contributed by atoms with Gasteiger partial charge in [-0.25, -0.2) is 9.37 Å². The number of ether oxygens (including phenoxy) is 2. The highest BCUT2D eigenvalue weighted by atomic mass is 35.5. The van der Waals surface area contributed by atoms with Gasteiger partial charge >= 0.3 is 0 Å². The van der Waals surface area contributed by atoms with E-state index in [2.05, 4.69) is 15.3 Å². The molecule has 0 spiro atoms. The third-order valence-electron chi connectivity index (χ3n) is 4.22. The summed E-state index contributed by atoms with van der Waals surface area (Å²) in [4.78, 5) is 31.6. The van der Waals surface area contributed by atoms with Crippen LogP contribution in [0.25, 0.3) is 0 Å². The molecule has 0 fully saturated rings. The van der Waals surface area contributed by atoms with Crippen LogP contribution in [0.2, 0.25) is 5.02 Å². The van der Waals surface area contributed by atoms with Crippen LogP contribution in [0, 0.1) is 5.82 Å². The van der Waals surface area contributed by atoms with Gasteiger partial charge < -0.3 is 20.5 Å². The van der Waals surface area contributed by atoms with Gasteiger partial charge in [-0.1, -0.05) is 29.4 Å². The van der Waals surface area contributed by atoms with Crippen LogP contribution in [0.15, 0.2) is 46.3 Å². The number of carbonyl (C=O) groups excluding carboxylic acids is 1. The fourth-order valence-corrected chi connectivity index (χ4v) is 3.84. The summed E-state index contributed by atoms with van der Waals surface area (Å²) in [5, 5.41) is 2.87. The molecule has 0 unspecified atom stereocenters. The van der Waals surface area contributed by atoms with E-state index in [0.29, 0.717) is 11.5 Å². The molecule has 0 saturated heterocycles. The minimum Gasteiger partial charge on any atom is -0.493 e. The third-order valence-corrected chi connectivity index (χ3v) is 5.48. The van der Waals surface area contributed by atoms with Gasteiger partial charge in [0.1, 0.15) is 11.5 Å². The second-order valence-corrected chi connectivity index (χ2v) is 7.52. The van der Waals surface area contributed by atoms with Crippen molar-refractivity contribution in [3.8, 4) is 11.5 Å². The van der Waals surface area contributed by atoms with Crippen molar-refractivity contribution in [1.29, 1.82) is 0 Å². The quantitative estimate of drug-likeness (QED) is 0.360. The number of nitrogens with zero attached hydrogens (tertiary/aromatic N) is 1. The molecule has 0 radical (unpaired) electrons. The van der Waals surface area contributed by atoms with E-state index in [1.807, 2.05) is 0 Å². The Hall–Kier alpha value is -3.24. The van der Waals surface area contributed by atoms with Crippen LogP contribution in [-0.4, -0.2) is 30.1 Å². The highest BCUT2D eigenvalue weighted by Crippen LogP contribution is 2.29. The number of methoxy groups -OCH3 is 2. The Morgan fingerprint density at radius 1 is 1.26 bits per heavy atom. The number of nitrogens with two attached hydrogens (primary N) is 1. The van der Waals surface area contributed by atoms with Crippen LogP contribution in [-0.2, 0) is 5.75 Å². The predicted molar refractivity (Wildman–Crippen MR) is 118 cm³/mol. The molecule has 0 saturated carbocycles. The van der Waals surface area contributed by atoms with Crippen LogP contribution in [0.5, 0.6) is 11.5 Å². The Balaban J connectivity index is 1.78. The molecule has 0 aliphatic rings. The number of carbonyl (C=O) groups is 1. The lowest BCUT2D eigenvalue weighted by atomic mass is 10.2. The highest BCUT2D eigenvalue weighted by Gasteiger charge is 2.16. The van der Waals surface area contributed by atoms with Crippen molar-refractivity contribution >= 4 is 40.8 Å². The smallest absolute Gasteiger partial charge is 0.277 e. The van der Waals surface area contributed by atoms with Crippen molar-refractivity contribution in [2.24, 2.45) is 0 Å².